The largest absolute Gasteiger partial charge is 0.330 e. The lowest BCUT2D eigenvalue weighted by atomic mass is 10.1. The number of nitriles is 1. The summed E-state index contributed by atoms with van der Waals surface area (Å²) in [7, 11) is 1.73. The smallest absolute Gasteiger partial charge is 0.227 e. The summed E-state index contributed by atoms with van der Waals surface area (Å²) in [5.74, 6) is 0.219. The number of hydrogen-bond acceptors (Lipinski definition) is 3. The van der Waals surface area contributed by atoms with Gasteiger partial charge in [0, 0.05) is 19.2 Å². The SMILES string of the molecule is CC(CN)CC(=O)N(C)c1ccc(C#N)cc1. The van der Waals surface area contributed by atoms with Gasteiger partial charge in [-0.3, -0.25) is 4.79 Å². The van der Waals surface area contributed by atoms with E-state index in [1.165, 1.54) is 0 Å². The third kappa shape index (κ3) is 3.58. The molecule has 0 saturated heterocycles. The molecule has 2 N–H and O–H groups in total. The van der Waals surface area contributed by atoms with Gasteiger partial charge in [-0.25, -0.2) is 0 Å². The number of hydrogen-bond donors (Lipinski definition) is 1. The van der Waals surface area contributed by atoms with Gasteiger partial charge in [0.05, 0.1) is 11.6 Å². The predicted molar refractivity (Wildman–Crippen MR) is 67.4 cm³/mol. The number of anilines is 1. The summed E-state index contributed by atoms with van der Waals surface area (Å²) in [5.41, 5.74) is 6.87. The van der Waals surface area contributed by atoms with Crippen molar-refractivity contribution in [3.8, 4) is 6.07 Å². The first-order chi connectivity index (χ1) is 8.08. The van der Waals surface area contributed by atoms with E-state index in [-0.39, 0.29) is 11.8 Å². The standard InChI is InChI=1S/C13H17N3O/c1-10(8-14)7-13(17)16(2)12-5-3-11(9-15)4-6-12/h3-6,10H,7-8,14H2,1-2H3. The molecule has 4 nitrogen and oxygen atoms in total. The Morgan fingerprint density at radius 1 is 1.47 bits per heavy atom. The van der Waals surface area contributed by atoms with Gasteiger partial charge in [0.25, 0.3) is 0 Å². The second kappa shape index (κ2) is 6.02. The summed E-state index contributed by atoms with van der Waals surface area (Å²) >= 11 is 0. The Morgan fingerprint density at radius 2 is 2.06 bits per heavy atom. The predicted octanol–water partition coefficient (Wildman–Crippen LogP) is 1.51. The molecule has 1 rings (SSSR count). The van der Waals surface area contributed by atoms with Crippen LogP contribution in [0.5, 0.6) is 0 Å². The second-order valence-electron chi connectivity index (χ2n) is 4.16. The molecule has 0 aromatic heterocycles. The number of carbonyl (C=O) groups is 1. The van der Waals surface area contributed by atoms with Crippen LogP contribution in [-0.2, 0) is 4.79 Å². The van der Waals surface area contributed by atoms with Crippen LogP contribution in [0.3, 0.4) is 0 Å². The minimum Gasteiger partial charge on any atom is -0.330 e. The van der Waals surface area contributed by atoms with Crippen molar-refractivity contribution in [1.29, 1.82) is 5.26 Å². The summed E-state index contributed by atoms with van der Waals surface area (Å²) in [5, 5.41) is 8.68. The van der Waals surface area contributed by atoms with E-state index in [9.17, 15) is 4.79 Å². The number of nitrogens with zero attached hydrogens (tertiary/aromatic N) is 2. The summed E-state index contributed by atoms with van der Waals surface area (Å²) in [4.78, 5) is 13.5. The van der Waals surface area contributed by atoms with Crippen LogP contribution in [0.4, 0.5) is 5.69 Å². The minimum absolute atomic E-state index is 0.0349. The highest BCUT2D eigenvalue weighted by Crippen LogP contribution is 2.15. The average molecular weight is 231 g/mol. The fourth-order valence-corrected chi connectivity index (χ4v) is 1.42. The molecule has 0 spiro atoms. The van der Waals surface area contributed by atoms with Gasteiger partial charge in [0.1, 0.15) is 0 Å². The average Bonchev–Trinajstić information content (AvgIpc) is 2.37. The van der Waals surface area contributed by atoms with Crippen LogP contribution in [-0.4, -0.2) is 19.5 Å². The minimum atomic E-state index is 0.0349. The summed E-state index contributed by atoms with van der Waals surface area (Å²) in [6, 6.07) is 8.98. The Labute approximate surface area is 102 Å². The number of benzene rings is 1. The highest BCUT2D eigenvalue weighted by molar-refractivity contribution is 5.92. The van der Waals surface area contributed by atoms with Crippen LogP contribution in [0.15, 0.2) is 24.3 Å². The van der Waals surface area contributed by atoms with Crippen LogP contribution in [0.2, 0.25) is 0 Å². The molecule has 1 atom stereocenters. The van der Waals surface area contributed by atoms with Gasteiger partial charge in [-0.1, -0.05) is 6.92 Å². The van der Waals surface area contributed by atoms with Crippen molar-refractivity contribution in [2.24, 2.45) is 11.7 Å². The molecule has 0 saturated carbocycles. The van der Waals surface area contributed by atoms with Gasteiger partial charge in [-0.15, -0.1) is 0 Å². The number of carbonyl (C=O) groups excluding carboxylic acids is 1. The number of nitrogens with two attached hydrogens (primary N) is 1. The molecule has 1 unspecified atom stereocenters. The molecule has 0 aliphatic rings. The summed E-state index contributed by atoms with van der Waals surface area (Å²) in [6.07, 6.45) is 0.438. The lowest BCUT2D eigenvalue weighted by molar-refractivity contribution is -0.119. The molecule has 1 amide bonds. The van der Waals surface area contributed by atoms with E-state index in [1.54, 1.807) is 36.2 Å². The fourth-order valence-electron chi connectivity index (χ4n) is 1.42. The maximum Gasteiger partial charge on any atom is 0.227 e. The van der Waals surface area contributed by atoms with Gasteiger partial charge in [0.15, 0.2) is 0 Å². The van der Waals surface area contributed by atoms with Crippen molar-refractivity contribution < 1.29 is 4.79 Å². The van der Waals surface area contributed by atoms with Gasteiger partial charge < -0.3 is 10.6 Å². The van der Waals surface area contributed by atoms with Crippen LogP contribution < -0.4 is 10.6 Å². The van der Waals surface area contributed by atoms with Crippen molar-refractivity contribution in [2.75, 3.05) is 18.5 Å². The lowest BCUT2D eigenvalue weighted by Gasteiger charge is -2.19. The molecule has 0 fully saturated rings. The van der Waals surface area contributed by atoms with E-state index in [4.69, 9.17) is 11.0 Å². The number of amides is 1. The zero-order valence-corrected chi connectivity index (χ0v) is 10.2. The Kier molecular flexibility index (Phi) is 4.68. The maximum atomic E-state index is 11.9. The highest BCUT2D eigenvalue weighted by Gasteiger charge is 2.13. The van der Waals surface area contributed by atoms with Gasteiger partial charge in [-0.2, -0.15) is 5.26 Å². The Bertz CT molecular complexity index is 419. The van der Waals surface area contributed by atoms with Crippen molar-refractivity contribution >= 4 is 11.6 Å². The van der Waals surface area contributed by atoms with E-state index in [1.807, 2.05) is 13.0 Å². The van der Waals surface area contributed by atoms with Crippen molar-refractivity contribution in [3.05, 3.63) is 29.8 Å². The second-order valence-corrected chi connectivity index (χ2v) is 4.16. The van der Waals surface area contributed by atoms with E-state index in [0.29, 0.717) is 18.5 Å². The molecule has 17 heavy (non-hydrogen) atoms. The first kappa shape index (κ1) is 13.2. The molecule has 0 radical (unpaired) electrons. The van der Waals surface area contributed by atoms with Crippen LogP contribution in [0.25, 0.3) is 0 Å². The molecule has 0 bridgehead atoms. The van der Waals surface area contributed by atoms with E-state index in [2.05, 4.69) is 0 Å². The summed E-state index contributed by atoms with van der Waals surface area (Å²) in [6.45, 7) is 2.46. The third-order valence-corrected chi connectivity index (χ3v) is 2.68. The highest BCUT2D eigenvalue weighted by atomic mass is 16.2. The Hall–Kier alpha value is -1.86. The first-order valence-electron chi connectivity index (χ1n) is 5.55. The van der Waals surface area contributed by atoms with Crippen LogP contribution in [0, 0.1) is 17.2 Å². The normalized spacial score (nSPS) is 11.6. The van der Waals surface area contributed by atoms with Crippen molar-refractivity contribution in [2.45, 2.75) is 13.3 Å². The molecule has 1 aromatic carbocycles. The zero-order chi connectivity index (χ0) is 12.8. The van der Waals surface area contributed by atoms with E-state index in [0.717, 1.165) is 5.69 Å². The monoisotopic (exact) mass is 231 g/mol. The van der Waals surface area contributed by atoms with Gasteiger partial charge in [-0.05, 0) is 36.7 Å². The van der Waals surface area contributed by atoms with E-state index >= 15 is 0 Å². The third-order valence-electron chi connectivity index (χ3n) is 2.68. The molecular weight excluding hydrogens is 214 g/mol. The molecular formula is C13H17N3O. The Morgan fingerprint density at radius 3 is 2.53 bits per heavy atom. The van der Waals surface area contributed by atoms with Gasteiger partial charge in [0.2, 0.25) is 5.91 Å². The molecule has 0 heterocycles. The van der Waals surface area contributed by atoms with Crippen molar-refractivity contribution in [3.63, 3.8) is 0 Å². The molecule has 1 aromatic rings. The Balaban J connectivity index is 2.71. The fraction of sp³-hybridized carbons (Fsp3) is 0.385. The number of rotatable bonds is 4. The lowest BCUT2D eigenvalue weighted by Crippen LogP contribution is -2.29. The molecule has 0 aliphatic carbocycles. The quantitative estimate of drug-likeness (QED) is 0.853. The first-order valence-corrected chi connectivity index (χ1v) is 5.55. The van der Waals surface area contributed by atoms with Gasteiger partial charge >= 0.3 is 0 Å². The van der Waals surface area contributed by atoms with Crippen LogP contribution >= 0.6 is 0 Å². The maximum absolute atomic E-state index is 11.9. The molecule has 90 valence electrons. The van der Waals surface area contributed by atoms with E-state index < -0.39 is 0 Å². The topological polar surface area (TPSA) is 70.1 Å². The van der Waals surface area contributed by atoms with Crippen molar-refractivity contribution in [1.82, 2.24) is 0 Å². The molecule has 0 aliphatic heterocycles. The summed E-state index contributed by atoms with van der Waals surface area (Å²) < 4.78 is 0. The molecule has 4 heteroatoms. The van der Waals surface area contributed by atoms with Crippen LogP contribution in [0.1, 0.15) is 18.9 Å². The zero-order valence-electron chi connectivity index (χ0n) is 10.2.